The maximum atomic E-state index is 9.09. The van der Waals surface area contributed by atoms with Gasteiger partial charge in [0.1, 0.15) is 17.5 Å². The highest BCUT2D eigenvalue weighted by molar-refractivity contribution is 5.67. The summed E-state index contributed by atoms with van der Waals surface area (Å²) in [6, 6.07) is 10.8. The molecule has 3 aromatic heterocycles. The SMILES string of the molecule is N#Cc1ccnc(Nc2cc(-c3ccc(N)nc3)nc(N3CCOCC3)n2)c1. The third-order valence-corrected chi connectivity index (χ3v) is 4.24. The zero-order valence-electron chi connectivity index (χ0n) is 15.0. The van der Waals surface area contributed by atoms with Crippen LogP contribution in [0.15, 0.2) is 42.7 Å². The topological polar surface area (TPSA) is 126 Å². The average molecular weight is 374 g/mol. The molecule has 1 aliphatic heterocycles. The van der Waals surface area contributed by atoms with Gasteiger partial charge in [-0.2, -0.15) is 10.2 Å². The molecule has 28 heavy (non-hydrogen) atoms. The number of pyridine rings is 2. The van der Waals surface area contributed by atoms with E-state index in [-0.39, 0.29) is 0 Å². The maximum Gasteiger partial charge on any atom is 0.228 e. The van der Waals surface area contributed by atoms with Gasteiger partial charge in [0, 0.05) is 37.1 Å². The van der Waals surface area contributed by atoms with Crippen molar-refractivity contribution in [3.8, 4) is 17.3 Å². The Morgan fingerprint density at radius 3 is 2.68 bits per heavy atom. The minimum atomic E-state index is 0.446. The van der Waals surface area contributed by atoms with Gasteiger partial charge in [0.2, 0.25) is 5.95 Å². The van der Waals surface area contributed by atoms with Gasteiger partial charge in [-0.05, 0) is 24.3 Å². The zero-order valence-corrected chi connectivity index (χ0v) is 15.0. The molecule has 0 radical (unpaired) electrons. The molecule has 4 heterocycles. The Morgan fingerprint density at radius 1 is 1.07 bits per heavy atom. The standard InChI is InChI=1S/C19H18N8O/c20-11-13-3-4-22-17(9-13)25-18-10-15(14-1-2-16(21)23-12-14)24-19(26-18)27-5-7-28-8-6-27/h1-4,9-10,12H,5-8H2,(H2,21,23)(H,22,24,25,26). The first-order valence-electron chi connectivity index (χ1n) is 8.78. The van der Waals surface area contributed by atoms with E-state index in [2.05, 4.69) is 31.2 Å². The molecule has 0 atom stereocenters. The van der Waals surface area contributed by atoms with E-state index >= 15 is 0 Å². The summed E-state index contributed by atoms with van der Waals surface area (Å²) in [5.41, 5.74) is 7.75. The van der Waals surface area contributed by atoms with E-state index in [1.165, 1.54) is 0 Å². The molecule has 9 heteroatoms. The number of ether oxygens (including phenoxy) is 1. The molecule has 0 bridgehead atoms. The number of nitriles is 1. The largest absolute Gasteiger partial charge is 0.384 e. The molecule has 4 rings (SSSR count). The fourth-order valence-electron chi connectivity index (χ4n) is 2.81. The minimum absolute atomic E-state index is 0.446. The van der Waals surface area contributed by atoms with Gasteiger partial charge in [-0.25, -0.2) is 15.0 Å². The summed E-state index contributed by atoms with van der Waals surface area (Å²) in [4.78, 5) is 19.8. The van der Waals surface area contributed by atoms with E-state index in [1.54, 1.807) is 30.6 Å². The van der Waals surface area contributed by atoms with Gasteiger partial charge in [0.25, 0.3) is 0 Å². The van der Waals surface area contributed by atoms with Crippen molar-refractivity contribution >= 4 is 23.4 Å². The van der Waals surface area contributed by atoms with Gasteiger partial charge < -0.3 is 20.7 Å². The highest BCUT2D eigenvalue weighted by Crippen LogP contribution is 2.25. The van der Waals surface area contributed by atoms with Crippen LogP contribution < -0.4 is 16.0 Å². The summed E-state index contributed by atoms with van der Waals surface area (Å²) in [7, 11) is 0. The van der Waals surface area contributed by atoms with Crippen molar-refractivity contribution in [3.05, 3.63) is 48.3 Å². The number of hydrogen-bond donors (Lipinski definition) is 2. The van der Waals surface area contributed by atoms with E-state index in [0.717, 1.165) is 5.56 Å². The molecule has 0 spiro atoms. The molecule has 3 aromatic rings. The smallest absolute Gasteiger partial charge is 0.228 e. The van der Waals surface area contributed by atoms with Crippen molar-refractivity contribution in [2.45, 2.75) is 0 Å². The van der Waals surface area contributed by atoms with Crippen molar-refractivity contribution in [1.82, 2.24) is 19.9 Å². The molecule has 1 fully saturated rings. The van der Waals surface area contributed by atoms with Crippen molar-refractivity contribution in [2.75, 3.05) is 42.3 Å². The van der Waals surface area contributed by atoms with Gasteiger partial charge in [0.15, 0.2) is 0 Å². The summed E-state index contributed by atoms with van der Waals surface area (Å²) in [6.45, 7) is 2.69. The van der Waals surface area contributed by atoms with Gasteiger partial charge in [-0.15, -0.1) is 0 Å². The highest BCUT2D eigenvalue weighted by Gasteiger charge is 2.17. The van der Waals surface area contributed by atoms with Crippen molar-refractivity contribution in [2.24, 2.45) is 0 Å². The van der Waals surface area contributed by atoms with E-state index in [1.807, 2.05) is 12.1 Å². The fourth-order valence-corrected chi connectivity index (χ4v) is 2.81. The summed E-state index contributed by atoms with van der Waals surface area (Å²) in [5, 5.41) is 12.3. The lowest BCUT2D eigenvalue weighted by molar-refractivity contribution is 0.122. The van der Waals surface area contributed by atoms with Crippen LogP contribution in [0.2, 0.25) is 0 Å². The Labute approximate surface area is 161 Å². The Morgan fingerprint density at radius 2 is 1.93 bits per heavy atom. The number of nitrogens with zero attached hydrogens (tertiary/aromatic N) is 6. The third-order valence-electron chi connectivity index (χ3n) is 4.24. The number of nitrogens with one attached hydrogen (secondary N) is 1. The van der Waals surface area contributed by atoms with Crippen LogP contribution in [0, 0.1) is 11.3 Å². The first-order valence-corrected chi connectivity index (χ1v) is 8.78. The second kappa shape index (κ2) is 7.85. The van der Waals surface area contributed by atoms with Crippen LogP contribution in [0.4, 0.5) is 23.4 Å². The Kier molecular flexibility index (Phi) is 4.95. The van der Waals surface area contributed by atoms with Crippen molar-refractivity contribution in [3.63, 3.8) is 0 Å². The summed E-state index contributed by atoms with van der Waals surface area (Å²) in [6.07, 6.45) is 3.26. The molecule has 3 N–H and O–H groups in total. The van der Waals surface area contributed by atoms with Crippen LogP contribution in [-0.4, -0.2) is 46.2 Å². The number of anilines is 4. The van der Waals surface area contributed by atoms with Crippen LogP contribution in [0.3, 0.4) is 0 Å². The molecule has 0 amide bonds. The molecule has 0 unspecified atom stereocenters. The average Bonchev–Trinajstić information content (AvgIpc) is 2.75. The molecule has 0 aliphatic carbocycles. The summed E-state index contributed by atoms with van der Waals surface area (Å²) < 4.78 is 5.42. The number of nitrogen functional groups attached to an aromatic ring is 1. The molecule has 0 aromatic carbocycles. The lowest BCUT2D eigenvalue weighted by Crippen LogP contribution is -2.37. The highest BCUT2D eigenvalue weighted by atomic mass is 16.5. The molecule has 140 valence electrons. The molecular weight excluding hydrogens is 356 g/mol. The fraction of sp³-hybridized carbons (Fsp3) is 0.211. The molecule has 1 saturated heterocycles. The van der Waals surface area contributed by atoms with Gasteiger partial charge >= 0.3 is 0 Å². The Bertz CT molecular complexity index is 1010. The number of morpholine rings is 1. The van der Waals surface area contributed by atoms with Crippen LogP contribution in [0.25, 0.3) is 11.3 Å². The van der Waals surface area contributed by atoms with Gasteiger partial charge in [0.05, 0.1) is 30.5 Å². The quantitative estimate of drug-likeness (QED) is 0.704. The molecule has 0 saturated carbocycles. The molecule has 9 nitrogen and oxygen atoms in total. The monoisotopic (exact) mass is 374 g/mol. The first-order chi connectivity index (χ1) is 13.7. The van der Waals surface area contributed by atoms with Crippen LogP contribution in [-0.2, 0) is 4.74 Å². The van der Waals surface area contributed by atoms with Crippen LogP contribution in [0.5, 0.6) is 0 Å². The van der Waals surface area contributed by atoms with Gasteiger partial charge in [-0.1, -0.05) is 0 Å². The number of hydrogen-bond acceptors (Lipinski definition) is 9. The molecule has 1 aliphatic rings. The molecular formula is C19H18N8O. The predicted octanol–water partition coefficient (Wildman–Crippen LogP) is 1.97. The van der Waals surface area contributed by atoms with E-state index in [4.69, 9.17) is 20.7 Å². The zero-order chi connectivity index (χ0) is 19.3. The Hall–Kier alpha value is -3.77. The van der Waals surface area contributed by atoms with E-state index < -0.39 is 0 Å². The number of nitrogens with two attached hydrogens (primary N) is 1. The van der Waals surface area contributed by atoms with Gasteiger partial charge in [-0.3, -0.25) is 0 Å². The van der Waals surface area contributed by atoms with Crippen LogP contribution in [0.1, 0.15) is 5.56 Å². The Balaban J connectivity index is 1.72. The minimum Gasteiger partial charge on any atom is -0.384 e. The normalized spacial score (nSPS) is 13.8. The number of rotatable bonds is 4. The lowest BCUT2D eigenvalue weighted by Gasteiger charge is -2.27. The maximum absolute atomic E-state index is 9.09. The van der Waals surface area contributed by atoms with E-state index in [0.29, 0.717) is 61.0 Å². The van der Waals surface area contributed by atoms with Crippen molar-refractivity contribution < 1.29 is 4.74 Å². The summed E-state index contributed by atoms with van der Waals surface area (Å²) >= 11 is 0. The second-order valence-corrected chi connectivity index (χ2v) is 6.18. The van der Waals surface area contributed by atoms with Crippen molar-refractivity contribution in [1.29, 1.82) is 5.26 Å². The first kappa shape index (κ1) is 17.6. The van der Waals surface area contributed by atoms with E-state index in [9.17, 15) is 0 Å². The lowest BCUT2D eigenvalue weighted by atomic mass is 10.2. The number of aromatic nitrogens is 4. The second-order valence-electron chi connectivity index (χ2n) is 6.18. The van der Waals surface area contributed by atoms with Crippen LogP contribution >= 0.6 is 0 Å². The predicted molar refractivity (Wildman–Crippen MR) is 105 cm³/mol. The third kappa shape index (κ3) is 3.97. The summed E-state index contributed by atoms with van der Waals surface area (Å²) in [5.74, 6) is 2.15.